The maximum atomic E-state index is 11.8. The minimum absolute atomic E-state index is 0.137. The zero-order valence-corrected chi connectivity index (χ0v) is 35.2. The predicted molar refractivity (Wildman–Crippen MR) is 212 cm³/mol. The number of ether oxygens (including phenoxy) is 13. The van der Waals surface area contributed by atoms with Crippen LogP contribution in [0.2, 0.25) is 0 Å². The zero-order chi connectivity index (χ0) is 38.2. The molecule has 0 unspecified atom stereocenters. The second kappa shape index (κ2) is 49.7. The van der Waals surface area contributed by atoms with Gasteiger partial charge in [-0.2, -0.15) is 0 Å². The lowest BCUT2D eigenvalue weighted by atomic mass is 10.1. The largest absolute Gasteiger partial charge is 0.463 e. The molecule has 0 N–H and O–H groups in total. The van der Waals surface area contributed by atoms with E-state index < -0.39 is 0 Å². The first-order chi connectivity index (χ1) is 26.3. The molecule has 0 aliphatic rings. The van der Waals surface area contributed by atoms with Crippen LogP contribution in [0.5, 0.6) is 0 Å². The fourth-order valence-electron chi connectivity index (χ4n) is 4.44. The van der Waals surface area contributed by atoms with E-state index in [4.69, 9.17) is 61.6 Å². The molecule has 0 bridgehead atoms. The Morgan fingerprint density at radius 3 is 0.811 bits per heavy atom. The van der Waals surface area contributed by atoms with Crippen LogP contribution < -0.4 is 0 Å². The number of unbranched alkanes of at least 4 members (excludes halogenated alkanes) is 8. The average molecular weight is 883 g/mol. The third kappa shape index (κ3) is 49.7. The fraction of sp³-hybridized carbons (Fsp3) is 0.974. The lowest BCUT2D eigenvalue weighted by molar-refractivity contribution is -0.145. The van der Waals surface area contributed by atoms with Gasteiger partial charge in [0.15, 0.2) is 0 Å². The molecule has 14 nitrogen and oxygen atoms in total. The summed E-state index contributed by atoms with van der Waals surface area (Å²) in [6.07, 6.45) is 11.6. The smallest absolute Gasteiger partial charge is 0.305 e. The second-order valence-corrected chi connectivity index (χ2v) is 12.9. The van der Waals surface area contributed by atoms with Crippen LogP contribution in [0.15, 0.2) is 0 Å². The van der Waals surface area contributed by atoms with E-state index in [1.54, 1.807) is 0 Å². The molecule has 0 amide bonds. The van der Waals surface area contributed by atoms with Gasteiger partial charge in [-0.25, -0.2) is 0 Å². The van der Waals surface area contributed by atoms with Crippen LogP contribution >= 0.6 is 22.6 Å². The standard InChI is InChI=1S/C38H75IO14/c1-2-3-4-5-6-7-8-9-10-11-38(40)53-37-36-52-35-34-51-33-32-50-31-30-49-29-28-48-27-26-47-25-24-46-23-22-45-21-20-44-19-18-43-17-16-42-15-14-41-13-12-39/h2-37H2,1H3. The highest BCUT2D eigenvalue weighted by Gasteiger charge is 2.03. The summed E-state index contributed by atoms with van der Waals surface area (Å²) < 4.78 is 71.7. The number of carbonyl (C=O) groups is 1. The summed E-state index contributed by atoms with van der Waals surface area (Å²) in [5.41, 5.74) is 0. The molecule has 0 radical (unpaired) electrons. The van der Waals surface area contributed by atoms with Crippen LogP contribution in [0, 0.1) is 0 Å². The Hall–Kier alpha value is -0.280. The van der Waals surface area contributed by atoms with E-state index in [0.717, 1.165) is 23.9 Å². The molecule has 0 saturated heterocycles. The number of hydrogen-bond donors (Lipinski definition) is 0. The van der Waals surface area contributed by atoms with E-state index in [0.29, 0.717) is 158 Å². The first kappa shape index (κ1) is 52.7. The van der Waals surface area contributed by atoms with Crippen LogP contribution in [0.3, 0.4) is 0 Å². The summed E-state index contributed by atoms with van der Waals surface area (Å²) in [6.45, 7) is 15.0. The normalized spacial score (nSPS) is 11.5. The van der Waals surface area contributed by atoms with E-state index in [1.165, 1.54) is 44.9 Å². The van der Waals surface area contributed by atoms with Gasteiger partial charge >= 0.3 is 5.97 Å². The van der Waals surface area contributed by atoms with Crippen molar-refractivity contribution in [3.63, 3.8) is 0 Å². The SMILES string of the molecule is CCCCCCCCCCCC(=O)OCCOCCOCCOCCOCCOCCOCCOCCOCCOCCOCCOCCOCCI. The highest BCUT2D eigenvalue weighted by molar-refractivity contribution is 14.1. The predicted octanol–water partition coefficient (Wildman–Crippen LogP) is 5.08. The van der Waals surface area contributed by atoms with Crippen LogP contribution in [0.4, 0.5) is 0 Å². The summed E-state index contributed by atoms with van der Waals surface area (Å²) >= 11 is 2.28. The maximum Gasteiger partial charge on any atom is 0.305 e. The molecule has 0 rings (SSSR count). The molecule has 15 heteroatoms. The third-order valence-electron chi connectivity index (χ3n) is 7.29. The average Bonchev–Trinajstić information content (AvgIpc) is 3.16. The van der Waals surface area contributed by atoms with Crippen molar-refractivity contribution in [2.24, 2.45) is 0 Å². The lowest BCUT2D eigenvalue weighted by Gasteiger charge is -2.09. The number of rotatable bonds is 48. The number of carbonyl (C=O) groups excluding carboxylic acids is 1. The van der Waals surface area contributed by atoms with Crippen molar-refractivity contribution >= 4 is 28.6 Å². The van der Waals surface area contributed by atoms with Crippen LogP contribution in [0.25, 0.3) is 0 Å². The van der Waals surface area contributed by atoms with Gasteiger partial charge in [0.25, 0.3) is 0 Å². The Kier molecular flexibility index (Phi) is 49.5. The van der Waals surface area contributed by atoms with Gasteiger partial charge in [0.2, 0.25) is 0 Å². The molecule has 0 fully saturated rings. The summed E-state index contributed by atoms with van der Waals surface area (Å²) in [7, 11) is 0. The van der Waals surface area contributed by atoms with E-state index in [1.807, 2.05) is 0 Å². The molecule has 0 aromatic carbocycles. The van der Waals surface area contributed by atoms with Crippen molar-refractivity contribution in [3.05, 3.63) is 0 Å². The number of esters is 1. The summed E-state index contributed by atoms with van der Waals surface area (Å²) in [5.74, 6) is -0.137. The summed E-state index contributed by atoms with van der Waals surface area (Å²) in [5, 5.41) is 0. The Bertz CT molecular complexity index is 683. The highest BCUT2D eigenvalue weighted by Crippen LogP contribution is 2.10. The van der Waals surface area contributed by atoms with Crippen molar-refractivity contribution in [2.75, 3.05) is 170 Å². The summed E-state index contributed by atoms with van der Waals surface area (Å²) in [6, 6.07) is 0. The minimum atomic E-state index is -0.137. The first-order valence-corrected chi connectivity index (χ1v) is 21.5. The highest BCUT2D eigenvalue weighted by atomic mass is 127. The Labute approximate surface area is 334 Å². The van der Waals surface area contributed by atoms with Crippen LogP contribution in [0.1, 0.15) is 71.1 Å². The molecule has 0 aliphatic carbocycles. The lowest BCUT2D eigenvalue weighted by Crippen LogP contribution is -2.15. The molecular weight excluding hydrogens is 807 g/mol. The van der Waals surface area contributed by atoms with Crippen molar-refractivity contribution in [1.29, 1.82) is 0 Å². The first-order valence-electron chi connectivity index (χ1n) is 20.0. The van der Waals surface area contributed by atoms with Gasteiger partial charge in [0, 0.05) is 10.8 Å². The Balaban J connectivity index is 3.10. The van der Waals surface area contributed by atoms with Gasteiger partial charge in [-0.1, -0.05) is 80.9 Å². The maximum absolute atomic E-state index is 11.8. The molecule has 53 heavy (non-hydrogen) atoms. The quantitative estimate of drug-likeness (QED) is 0.0348. The van der Waals surface area contributed by atoms with Gasteiger partial charge in [0.05, 0.1) is 159 Å². The number of halogens is 1. The molecule has 0 aromatic heterocycles. The fourth-order valence-corrected chi connectivity index (χ4v) is 4.75. The van der Waals surface area contributed by atoms with Gasteiger partial charge in [-0.3, -0.25) is 4.79 Å². The molecule has 0 aliphatic heterocycles. The monoisotopic (exact) mass is 882 g/mol. The van der Waals surface area contributed by atoms with Gasteiger partial charge in [-0.05, 0) is 6.42 Å². The molecule has 0 spiro atoms. The van der Waals surface area contributed by atoms with Crippen molar-refractivity contribution < 1.29 is 66.4 Å². The van der Waals surface area contributed by atoms with E-state index in [9.17, 15) is 4.79 Å². The summed E-state index contributed by atoms with van der Waals surface area (Å²) in [4.78, 5) is 11.8. The van der Waals surface area contributed by atoms with E-state index >= 15 is 0 Å². The van der Waals surface area contributed by atoms with Crippen LogP contribution in [-0.4, -0.2) is 176 Å². The van der Waals surface area contributed by atoms with Crippen molar-refractivity contribution in [1.82, 2.24) is 0 Å². The minimum Gasteiger partial charge on any atom is -0.463 e. The van der Waals surface area contributed by atoms with Gasteiger partial charge < -0.3 is 61.6 Å². The molecule has 318 valence electrons. The van der Waals surface area contributed by atoms with Crippen molar-refractivity contribution in [3.8, 4) is 0 Å². The molecule has 0 heterocycles. The topological polar surface area (TPSA) is 137 Å². The zero-order valence-electron chi connectivity index (χ0n) is 33.0. The van der Waals surface area contributed by atoms with E-state index in [2.05, 4.69) is 29.5 Å². The molecule has 0 atom stereocenters. The molecule has 0 saturated carbocycles. The van der Waals surface area contributed by atoms with Crippen LogP contribution in [-0.2, 0) is 66.4 Å². The number of hydrogen-bond acceptors (Lipinski definition) is 14. The second-order valence-electron chi connectivity index (χ2n) is 11.8. The van der Waals surface area contributed by atoms with Gasteiger partial charge in [0.1, 0.15) is 6.61 Å². The Morgan fingerprint density at radius 2 is 0.547 bits per heavy atom. The third-order valence-corrected chi connectivity index (χ3v) is 7.73. The van der Waals surface area contributed by atoms with E-state index in [-0.39, 0.29) is 12.6 Å². The number of alkyl halides is 1. The van der Waals surface area contributed by atoms with Gasteiger partial charge in [-0.15, -0.1) is 0 Å². The molecule has 0 aromatic rings. The van der Waals surface area contributed by atoms with Crippen molar-refractivity contribution in [2.45, 2.75) is 71.1 Å². The Morgan fingerprint density at radius 1 is 0.321 bits per heavy atom. The molecular formula is C38H75IO14.